The summed E-state index contributed by atoms with van der Waals surface area (Å²) in [5.74, 6) is 0.473. The summed E-state index contributed by atoms with van der Waals surface area (Å²) in [5.41, 5.74) is 0.637. The zero-order valence-corrected chi connectivity index (χ0v) is 11.2. The highest BCUT2D eigenvalue weighted by atomic mass is 32.2. The van der Waals surface area contributed by atoms with Gasteiger partial charge in [0.2, 0.25) is 0 Å². The molecule has 0 bridgehead atoms. The summed E-state index contributed by atoms with van der Waals surface area (Å²) in [4.78, 5) is 16.2. The minimum atomic E-state index is -0.0712. The molecule has 1 amide bonds. The third-order valence-corrected chi connectivity index (χ3v) is 3.80. The van der Waals surface area contributed by atoms with Gasteiger partial charge in [-0.1, -0.05) is 0 Å². The van der Waals surface area contributed by atoms with Gasteiger partial charge in [-0.25, -0.2) is 4.98 Å². The van der Waals surface area contributed by atoms with E-state index in [1.807, 2.05) is 6.26 Å². The molecule has 1 aliphatic rings. The second-order valence-electron chi connectivity index (χ2n) is 4.52. The Balaban J connectivity index is 2.00. The first-order valence-electron chi connectivity index (χ1n) is 6.16. The fourth-order valence-corrected chi connectivity index (χ4v) is 2.39. The molecule has 1 fully saturated rings. The number of amides is 1. The van der Waals surface area contributed by atoms with Crippen molar-refractivity contribution in [1.82, 2.24) is 10.3 Å². The summed E-state index contributed by atoms with van der Waals surface area (Å²) in [6.07, 6.45) is 6.52. The number of pyridine rings is 1. The van der Waals surface area contributed by atoms with Crippen LogP contribution in [0.4, 0.5) is 0 Å². The van der Waals surface area contributed by atoms with E-state index >= 15 is 0 Å². The summed E-state index contributed by atoms with van der Waals surface area (Å²) >= 11 is 1.52. The molecule has 18 heavy (non-hydrogen) atoms. The van der Waals surface area contributed by atoms with E-state index in [1.165, 1.54) is 11.8 Å². The van der Waals surface area contributed by atoms with Crippen molar-refractivity contribution in [1.29, 1.82) is 0 Å². The molecular weight excluding hydrogens is 248 g/mol. The van der Waals surface area contributed by atoms with Crippen LogP contribution in [0.5, 0.6) is 0 Å². The number of hydrogen-bond acceptors (Lipinski definition) is 4. The molecule has 2 N–H and O–H groups in total. The number of rotatable bonds is 6. The SMILES string of the molecule is CSc1cc(C(=O)NC(CCO)C2CC2)ccn1. The van der Waals surface area contributed by atoms with Crippen molar-refractivity contribution in [3.63, 3.8) is 0 Å². The number of carbonyl (C=O) groups is 1. The lowest BCUT2D eigenvalue weighted by molar-refractivity contribution is 0.0924. The monoisotopic (exact) mass is 266 g/mol. The van der Waals surface area contributed by atoms with Crippen molar-refractivity contribution < 1.29 is 9.90 Å². The van der Waals surface area contributed by atoms with Gasteiger partial charge in [-0.3, -0.25) is 4.79 Å². The first-order chi connectivity index (χ1) is 8.74. The third-order valence-electron chi connectivity index (χ3n) is 3.15. The summed E-state index contributed by atoms with van der Waals surface area (Å²) < 4.78 is 0. The normalized spacial score (nSPS) is 16.3. The number of aliphatic hydroxyl groups is 1. The number of nitrogens with one attached hydrogen (secondary N) is 1. The minimum absolute atomic E-state index is 0.0712. The standard InChI is InChI=1S/C13H18N2O2S/c1-18-12-8-10(4-6-14-12)13(17)15-11(5-7-16)9-2-3-9/h4,6,8-9,11,16H,2-3,5,7H2,1H3,(H,15,17). The Bertz CT molecular complexity index is 421. The fraction of sp³-hybridized carbons (Fsp3) is 0.538. The van der Waals surface area contributed by atoms with Crippen LogP contribution in [0.1, 0.15) is 29.6 Å². The van der Waals surface area contributed by atoms with Gasteiger partial charge in [0, 0.05) is 24.4 Å². The van der Waals surface area contributed by atoms with E-state index in [1.54, 1.807) is 18.3 Å². The number of aromatic nitrogens is 1. The van der Waals surface area contributed by atoms with E-state index in [0.29, 0.717) is 17.9 Å². The van der Waals surface area contributed by atoms with Crippen LogP contribution in [0, 0.1) is 5.92 Å². The van der Waals surface area contributed by atoms with Crippen LogP contribution in [0.2, 0.25) is 0 Å². The average Bonchev–Trinajstić information content (AvgIpc) is 3.22. The number of hydrogen-bond donors (Lipinski definition) is 2. The first-order valence-corrected chi connectivity index (χ1v) is 7.39. The van der Waals surface area contributed by atoms with Crippen molar-refractivity contribution in [3.8, 4) is 0 Å². The number of thioether (sulfide) groups is 1. The maximum Gasteiger partial charge on any atom is 0.251 e. The van der Waals surface area contributed by atoms with Crippen molar-refractivity contribution in [2.45, 2.75) is 30.3 Å². The molecule has 0 aliphatic heterocycles. The van der Waals surface area contributed by atoms with Crippen molar-refractivity contribution in [2.24, 2.45) is 5.92 Å². The topological polar surface area (TPSA) is 62.2 Å². The molecule has 0 radical (unpaired) electrons. The van der Waals surface area contributed by atoms with Gasteiger partial charge in [-0.15, -0.1) is 11.8 Å². The Morgan fingerprint density at radius 1 is 1.67 bits per heavy atom. The van der Waals surface area contributed by atoms with E-state index in [2.05, 4.69) is 10.3 Å². The zero-order valence-electron chi connectivity index (χ0n) is 10.4. The van der Waals surface area contributed by atoms with Crippen LogP contribution in [0.25, 0.3) is 0 Å². The first kappa shape index (κ1) is 13.4. The lowest BCUT2D eigenvalue weighted by atomic mass is 10.1. The quantitative estimate of drug-likeness (QED) is 0.769. The molecule has 1 atom stereocenters. The highest BCUT2D eigenvalue weighted by Gasteiger charge is 2.31. The van der Waals surface area contributed by atoms with E-state index in [4.69, 9.17) is 5.11 Å². The van der Waals surface area contributed by atoms with Crippen LogP contribution >= 0.6 is 11.8 Å². The molecule has 1 aromatic rings. The van der Waals surface area contributed by atoms with Gasteiger partial charge in [0.05, 0.1) is 5.03 Å². The van der Waals surface area contributed by atoms with Gasteiger partial charge >= 0.3 is 0 Å². The molecule has 0 spiro atoms. The molecule has 1 aromatic heterocycles. The Morgan fingerprint density at radius 3 is 3.06 bits per heavy atom. The summed E-state index contributed by atoms with van der Waals surface area (Å²) in [6, 6.07) is 3.62. The van der Waals surface area contributed by atoms with Crippen LogP contribution in [0.3, 0.4) is 0 Å². The zero-order chi connectivity index (χ0) is 13.0. The molecule has 1 saturated carbocycles. The molecule has 1 unspecified atom stereocenters. The number of aliphatic hydroxyl groups excluding tert-OH is 1. The highest BCUT2D eigenvalue weighted by Crippen LogP contribution is 2.34. The van der Waals surface area contributed by atoms with Gasteiger partial charge in [-0.2, -0.15) is 0 Å². The van der Waals surface area contributed by atoms with Gasteiger partial charge in [0.1, 0.15) is 0 Å². The van der Waals surface area contributed by atoms with E-state index < -0.39 is 0 Å². The lowest BCUT2D eigenvalue weighted by Gasteiger charge is -2.17. The highest BCUT2D eigenvalue weighted by molar-refractivity contribution is 7.98. The van der Waals surface area contributed by atoms with E-state index in [-0.39, 0.29) is 18.6 Å². The van der Waals surface area contributed by atoms with Gasteiger partial charge in [0.15, 0.2) is 0 Å². The van der Waals surface area contributed by atoms with Crippen molar-refractivity contribution >= 4 is 17.7 Å². The fourth-order valence-electron chi connectivity index (χ4n) is 1.98. The smallest absolute Gasteiger partial charge is 0.251 e. The summed E-state index contributed by atoms with van der Waals surface area (Å²) in [5, 5.41) is 12.9. The van der Waals surface area contributed by atoms with Crippen molar-refractivity contribution in [2.75, 3.05) is 12.9 Å². The van der Waals surface area contributed by atoms with Crippen molar-refractivity contribution in [3.05, 3.63) is 23.9 Å². The molecule has 0 saturated heterocycles. The predicted octanol–water partition coefficient (Wildman–Crippen LogP) is 1.69. The molecule has 0 aromatic carbocycles. The maximum atomic E-state index is 12.1. The van der Waals surface area contributed by atoms with Crippen LogP contribution in [0.15, 0.2) is 23.4 Å². The van der Waals surface area contributed by atoms with E-state index in [9.17, 15) is 4.79 Å². The molecule has 1 heterocycles. The second-order valence-corrected chi connectivity index (χ2v) is 5.34. The largest absolute Gasteiger partial charge is 0.396 e. The van der Waals surface area contributed by atoms with Gasteiger partial charge < -0.3 is 10.4 Å². The van der Waals surface area contributed by atoms with E-state index in [0.717, 1.165) is 17.9 Å². The van der Waals surface area contributed by atoms with Crippen LogP contribution < -0.4 is 5.32 Å². The second kappa shape index (κ2) is 6.20. The van der Waals surface area contributed by atoms with Gasteiger partial charge in [0.25, 0.3) is 5.91 Å². The predicted molar refractivity (Wildman–Crippen MR) is 71.7 cm³/mol. The molecule has 2 rings (SSSR count). The summed E-state index contributed by atoms with van der Waals surface area (Å²) in [7, 11) is 0. The van der Waals surface area contributed by atoms with Crippen LogP contribution in [-0.4, -0.2) is 34.9 Å². The minimum Gasteiger partial charge on any atom is -0.396 e. The maximum absolute atomic E-state index is 12.1. The molecule has 4 nitrogen and oxygen atoms in total. The molecule has 1 aliphatic carbocycles. The summed E-state index contributed by atoms with van der Waals surface area (Å²) in [6.45, 7) is 0.119. The third kappa shape index (κ3) is 3.46. The Kier molecular flexibility index (Phi) is 4.60. The van der Waals surface area contributed by atoms with Gasteiger partial charge in [-0.05, 0) is 43.6 Å². The molecule has 98 valence electrons. The number of nitrogens with zero attached hydrogens (tertiary/aromatic N) is 1. The Labute approximate surface area is 111 Å². The Morgan fingerprint density at radius 2 is 2.44 bits per heavy atom. The average molecular weight is 266 g/mol. The number of carbonyl (C=O) groups excluding carboxylic acids is 1. The lowest BCUT2D eigenvalue weighted by Crippen LogP contribution is -2.37. The molecule has 5 heteroatoms. The Hall–Kier alpha value is -1.07. The molecular formula is C13H18N2O2S. The van der Waals surface area contributed by atoms with Crippen LogP contribution in [-0.2, 0) is 0 Å².